The number of aromatic nitrogens is 2. The van der Waals surface area contributed by atoms with Crippen molar-refractivity contribution < 1.29 is 23.0 Å². The van der Waals surface area contributed by atoms with Gasteiger partial charge in [0.05, 0.1) is 23.7 Å². The van der Waals surface area contributed by atoms with Crippen LogP contribution in [0.15, 0.2) is 41.3 Å². The molecule has 0 aliphatic carbocycles. The Bertz CT molecular complexity index is 1150. The summed E-state index contributed by atoms with van der Waals surface area (Å²) in [6.45, 7) is -0.924. The number of benzene rings is 2. The van der Waals surface area contributed by atoms with E-state index >= 15 is 0 Å². The zero-order valence-electron chi connectivity index (χ0n) is 15.8. The second kappa shape index (κ2) is 7.42. The summed E-state index contributed by atoms with van der Waals surface area (Å²) in [5.74, 6) is 0.287. The van der Waals surface area contributed by atoms with Crippen LogP contribution in [0.5, 0.6) is 5.75 Å². The van der Waals surface area contributed by atoms with E-state index in [4.69, 9.17) is 26.1 Å². The molecule has 2 aliphatic rings. The minimum Gasteiger partial charge on any atom is -0.465 e. The van der Waals surface area contributed by atoms with Crippen LogP contribution in [0.3, 0.4) is 0 Å². The van der Waals surface area contributed by atoms with E-state index in [0.717, 1.165) is 21.8 Å². The zero-order valence-corrected chi connectivity index (χ0v) is 17.4. The van der Waals surface area contributed by atoms with Gasteiger partial charge in [-0.2, -0.15) is 8.78 Å². The number of fused-ring (bicyclic) bond motifs is 9. The molecule has 156 valence electrons. The SMILES string of the molecule is CCOC(=O)[C@@H]1Sc2cccc(OC(F)F)c2[C@H]2C[C@@H]1c1nc3ccc(Cl)cc3n12. The summed E-state index contributed by atoms with van der Waals surface area (Å²) in [5.41, 5.74) is 2.18. The van der Waals surface area contributed by atoms with E-state index in [2.05, 4.69) is 0 Å². The molecule has 3 aromatic rings. The topological polar surface area (TPSA) is 53.4 Å². The van der Waals surface area contributed by atoms with Crippen LogP contribution in [0.25, 0.3) is 11.0 Å². The van der Waals surface area contributed by atoms with Crippen LogP contribution < -0.4 is 4.74 Å². The lowest BCUT2D eigenvalue weighted by atomic mass is 9.95. The first kappa shape index (κ1) is 19.6. The Morgan fingerprint density at radius 2 is 2.20 bits per heavy atom. The smallest absolute Gasteiger partial charge is 0.387 e. The molecule has 30 heavy (non-hydrogen) atoms. The van der Waals surface area contributed by atoms with Crippen LogP contribution in [0.4, 0.5) is 8.78 Å². The molecule has 0 amide bonds. The molecule has 0 N–H and O–H groups in total. The van der Waals surface area contributed by atoms with E-state index in [1.54, 1.807) is 19.1 Å². The Balaban J connectivity index is 1.76. The molecule has 9 heteroatoms. The monoisotopic (exact) mass is 450 g/mol. The van der Waals surface area contributed by atoms with Gasteiger partial charge in [-0.3, -0.25) is 4.79 Å². The number of ether oxygens (including phenoxy) is 2. The first-order valence-corrected chi connectivity index (χ1v) is 10.8. The average Bonchev–Trinajstić information content (AvgIpc) is 3.17. The Labute approximate surface area is 180 Å². The van der Waals surface area contributed by atoms with Crippen molar-refractivity contribution in [2.75, 3.05) is 6.61 Å². The lowest BCUT2D eigenvalue weighted by Gasteiger charge is -2.23. The van der Waals surface area contributed by atoms with Crippen LogP contribution in [0.1, 0.15) is 36.7 Å². The third-order valence-corrected chi connectivity index (χ3v) is 7.13. The number of hydrogen-bond acceptors (Lipinski definition) is 5. The fraction of sp³-hybridized carbons (Fsp3) is 0.333. The first-order valence-electron chi connectivity index (χ1n) is 9.56. The minimum absolute atomic E-state index is 0.111. The number of carbonyl (C=O) groups excluding carboxylic acids is 1. The van der Waals surface area contributed by atoms with Crippen molar-refractivity contribution in [2.45, 2.75) is 42.1 Å². The van der Waals surface area contributed by atoms with Gasteiger partial charge in [0.2, 0.25) is 0 Å². The predicted octanol–water partition coefficient (Wildman–Crippen LogP) is 5.41. The van der Waals surface area contributed by atoms with E-state index in [-0.39, 0.29) is 30.3 Å². The van der Waals surface area contributed by atoms with E-state index in [1.807, 2.05) is 22.8 Å². The molecule has 0 unspecified atom stereocenters. The molecule has 1 aromatic heterocycles. The highest BCUT2D eigenvalue weighted by Gasteiger charge is 2.47. The first-order chi connectivity index (χ1) is 14.5. The van der Waals surface area contributed by atoms with Gasteiger partial charge in [0.25, 0.3) is 0 Å². The van der Waals surface area contributed by atoms with Crippen LogP contribution in [0.2, 0.25) is 5.02 Å². The van der Waals surface area contributed by atoms with Crippen molar-refractivity contribution >= 4 is 40.4 Å². The lowest BCUT2D eigenvalue weighted by Crippen LogP contribution is -2.26. The molecule has 5 rings (SSSR count). The third kappa shape index (κ3) is 3.04. The van der Waals surface area contributed by atoms with Crippen LogP contribution in [-0.4, -0.2) is 34.0 Å². The fourth-order valence-corrected chi connectivity index (χ4v) is 5.96. The number of halogens is 3. The number of nitrogens with zero attached hydrogens (tertiary/aromatic N) is 2. The number of imidazole rings is 1. The van der Waals surface area contributed by atoms with Crippen LogP contribution in [-0.2, 0) is 9.53 Å². The maximum atomic E-state index is 13.1. The Morgan fingerprint density at radius 1 is 1.37 bits per heavy atom. The van der Waals surface area contributed by atoms with Crippen LogP contribution >= 0.6 is 23.4 Å². The molecular formula is C21H17ClF2N2O3S. The van der Waals surface area contributed by atoms with Crippen LogP contribution in [0, 0.1) is 0 Å². The van der Waals surface area contributed by atoms with Crippen molar-refractivity contribution in [3.8, 4) is 5.75 Å². The quantitative estimate of drug-likeness (QED) is 0.498. The summed E-state index contributed by atoms with van der Waals surface area (Å²) in [4.78, 5) is 18.3. The lowest BCUT2D eigenvalue weighted by molar-refractivity contribution is -0.142. The third-order valence-electron chi connectivity index (χ3n) is 5.51. The maximum Gasteiger partial charge on any atom is 0.387 e. The van der Waals surface area contributed by atoms with Gasteiger partial charge in [0.15, 0.2) is 0 Å². The summed E-state index contributed by atoms with van der Waals surface area (Å²) in [6.07, 6.45) is 0.540. The normalized spacial score (nSPS) is 22.0. The number of alkyl halides is 2. The maximum absolute atomic E-state index is 13.1. The molecule has 0 saturated heterocycles. The van der Waals surface area contributed by atoms with Gasteiger partial charge < -0.3 is 14.0 Å². The molecule has 3 heterocycles. The van der Waals surface area contributed by atoms with Crippen molar-refractivity contribution in [2.24, 2.45) is 0 Å². The molecule has 0 radical (unpaired) electrons. The highest BCUT2D eigenvalue weighted by molar-refractivity contribution is 8.00. The number of rotatable bonds is 4. The summed E-state index contributed by atoms with van der Waals surface area (Å²) in [5, 5.41) is 0.0159. The number of esters is 1. The standard InChI is InChI=1S/C21H17ClF2N2O3S/c1-2-28-20(27)18-11-9-14(17-15(29-21(23)24)4-3-5-16(17)30-18)26-13-8-10(22)6-7-12(13)25-19(11)26/h3-8,11,14,18,21H,2,9H2,1H3/t11-,14+,18+/m0/s1. The van der Waals surface area contributed by atoms with E-state index in [0.29, 0.717) is 17.0 Å². The second-order valence-electron chi connectivity index (χ2n) is 7.17. The average molecular weight is 451 g/mol. The molecule has 2 bridgehead atoms. The number of carbonyl (C=O) groups is 1. The number of hydrogen-bond donors (Lipinski definition) is 0. The molecular weight excluding hydrogens is 434 g/mol. The van der Waals surface area contributed by atoms with Gasteiger partial charge >= 0.3 is 12.6 Å². The summed E-state index contributed by atoms with van der Waals surface area (Å²) < 4.78 is 38.5. The second-order valence-corrected chi connectivity index (χ2v) is 8.79. The van der Waals surface area contributed by atoms with Crippen molar-refractivity contribution in [3.63, 3.8) is 0 Å². The molecule has 0 saturated carbocycles. The zero-order chi connectivity index (χ0) is 21.0. The summed E-state index contributed by atoms with van der Waals surface area (Å²) in [7, 11) is 0. The highest BCUT2D eigenvalue weighted by atomic mass is 35.5. The Hall–Kier alpha value is -2.32. The summed E-state index contributed by atoms with van der Waals surface area (Å²) >= 11 is 7.56. The molecule has 0 fully saturated rings. The molecule has 2 aromatic carbocycles. The van der Waals surface area contributed by atoms with Gasteiger partial charge in [-0.25, -0.2) is 4.98 Å². The fourth-order valence-electron chi connectivity index (χ4n) is 4.44. The van der Waals surface area contributed by atoms with E-state index in [9.17, 15) is 13.6 Å². The molecule has 2 aliphatic heterocycles. The minimum atomic E-state index is -2.95. The predicted molar refractivity (Wildman–Crippen MR) is 110 cm³/mol. The largest absolute Gasteiger partial charge is 0.465 e. The van der Waals surface area contributed by atoms with E-state index < -0.39 is 11.9 Å². The van der Waals surface area contributed by atoms with E-state index in [1.165, 1.54) is 17.8 Å². The Morgan fingerprint density at radius 3 is 2.97 bits per heavy atom. The van der Waals surface area contributed by atoms with Crippen molar-refractivity contribution in [1.82, 2.24) is 9.55 Å². The molecule has 5 nitrogen and oxygen atoms in total. The van der Waals surface area contributed by atoms with Gasteiger partial charge in [0, 0.05) is 21.4 Å². The Kier molecular flexibility index (Phi) is 4.86. The van der Waals surface area contributed by atoms with Crippen molar-refractivity contribution in [1.29, 1.82) is 0 Å². The highest BCUT2D eigenvalue weighted by Crippen LogP contribution is 2.55. The summed E-state index contributed by atoms with van der Waals surface area (Å²) in [6, 6.07) is 10.1. The van der Waals surface area contributed by atoms with Gasteiger partial charge in [-0.05, 0) is 43.7 Å². The molecule has 3 atom stereocenters. The van der Waals surface area contributed by atoms with Crippen molar-refractivity contribution in [3.05, 3.63) is 52.8 Å². The van der Waals surface area contributed by atoms with Gasteiger partial charge in [0.1, 0.15) is 16.8 Å². The van der Waals surface area contributed by atoms with Gasteiger partial charge in [-0.15, -0.1) is 11.8 Å². The molecule has 0 spiro atoms. The van der Waals surface area contributed by atoms with Gasteiger partial charge in [-0.1, -0.05) is 17.7 Å². The number of thioether (sulfide) groups is 1.